The fourth-order valence-electron chi connectivity index (χ4n) is 2.29. The van der Waals surface area contributed by atoms with Gasteiger partial charge in [0.15, 0.2) is 6.79 Å². The van der Waals surface area contributed by atoms with Gasteiger partial charge in [-0.05, 0) is 42.0 Å². The number of benzene rings is 2. The first-order valence-corrected chi connectivity index (χ1v) is 8.68. The van der Waals surface area contributed by atoms with Crippen molar-refractivity contribution in [3.63, 3.8) is 0 Å². The Morgan fingerprint density at radius 3 is 2.44 bits per heavy atom. The van der Waals surface area contributed by atoms with Crippen LogP contribution < -0.4 is 4.74 Å². The van der Waals surface area contributed by atoms with Crippen molar-refractivity contribution in [1.82, 2.24) is 9.97 Å². The number of rotatable bonds is 7. The molecule has 1 aromatic heterocycles. The van der Waals surface area contributed by atoms with Crippen LogP contribution in [0.2, 0.25) is 15.1 Å². The molecule has 3 rings (SSSR count). The van der Waals surface area contributed by atoms with Crippen molar-refractivity contribution in [1.29, 1.82) is 0 Å². The molecule has 1 N–H and O–H groups in total. The van der Waals surface area contributed by atoms with Gasteiger partial charge in [0.1, 0.15) is 17.7 Å². The predicted octanol–water partition coefficient (Wildman–Crippen LogP) is 5.71. The molecule has 7 heteroatoms. The molecular formula is C18H15Cl3N2O2. The molecule has 0 fully saturated rings. The van der Waals surface area contributed by atoms with Crippen LogP contribution in [0.3, 0.4) is 0 Å². The first kappa shape index (κ1) is 18.1. The molecule has 0 amide bonds. The standard InChI is InChI=1S/C18H15Cl3N2O2/c19-13-3-5-15(6-4-13)24-11-25-17(18-22-7-8-23-18)9-12-1-2-14(20)10-16(12)21/h1-8,10,17H,9,11H2,(H,22,23). The molecule has 4 nitrogen and oxygen atoms in total. The SMILES string of the molecule is Clc1ccc(OCOC(Cc2ccc(Cl)cc2Cl)c2ncc[nH]2)cc1. The maximum absolute atomic E-state index is 6.27. The Labute approximate surface area is 160 Å². The number of hydrogen-bond donors (Lipinski definition) is 1. The van der Waals surface area contributed by atoms with E-state index in [9.17, 15) is 0 Å². The lowest BCUT2D eigenvalue weighted by Crippen LogP contribution is -2.14. The van der Waals surface area contributed by atoms with Crippen molar-refractivity contribution in [3.05, 3.63) is 81.3 Å². The molecule has 1 unspecified atom stereocenters. The van der Waals surface area contributed by atoms with Crippen LogP contribution in [0.1, 0.15) is 17.5 Å². The van der Waals surface area contributed by atoms with Crippen molar-refractivity contribution in [3.8, 4) is 5.75 Å². The molecule has 3 aromatic rings. The fourth-order valence-corrected chi connectivity index (χ4v) is 2.90. The first-order valence-electron chi connectivity index (χ1n) is 7.55. The van der Waals surface area contributed by atoms with Gasteiger partial charge in [-0.3, -0.25) is 0 Å². The number of nitrogens with one attached hydrogen (secondary N) is 1. The zero-order chi connectivity index (χ0) is 17.6. The number of halogens is 3. The Balaban J connectivity index is 1.66. The largest absolute Gasteiger partial charge is 0.468 e. The second-order valence-corrected chi connectivity index (χ2v) is 6.57. The summed E-state index contributed by atoms with van der Waals surface area (Å²) in [4.78, 5) is 7.34. The Hall–Kier alpha value is -1.72. The fraction of sp³-hybridized carbons (Fsp3) is 0.167. The number of imidazole rings is 1. The van der Waals surface area contributed by atoms with Crippen molar-refractivity contribution in [2.24, 2.45) is 0 Å². The highest BCUT2D eigenvalue weighted by Crippen LogP contribution is 2.27. The highest BCUT2D eigenvalue weighted by molar-refractivity contribution is 6.35. The molecular weight excluding hydrogens is 383 g/mol. The quantitative estimate of drug-likeness (QED) is 0.520. The van der Waals surface area contributed by atoms with Gasteiger partial charge in [0.05, 0.1) is 0 Å². The molecule has 0 saturated heterocycles. The summed E-state index contributed by atoms with van der Waals surface area (Å²) in [7, 11) is 0. The average molecular weight is 398 g/mol. The van der Waals surface area contributed by atoms with Crippen LogP contribution in [0.25, 0.3) is 0 Å². The number of ether oxygens (including phenoxy) is 2. The summed E-state index contributed by atoms with van der Waals surface area (Å²) in [5.74, 6) is 1.37. The zero-order valence-corrected chi connectivity index (χ0v) is 15.4. The number of nitrogens with zero attached hydrogens (tertiary/aromatic N) is 1. The van der Waals surface area contributed by atoms with Gasteiger partial charge in [0, 0.05) is 33.9 Å². The zero-order valence-electron chi connectivity index (χ0n) is 13.1. The summed E-state index contributed by atoms with van der Waals surface area (Å²) in [6.45, 7) is 0.0677. The van der Waals surface area contributed by atoms with Gasteiger partial charge < -0.3 is 14.5 Å². The Morgan fingerprint density at radius 2 is 1.76 bits per heavy atom. The van der Waals surface area contributed by atoms with Gasteiger partial charge in [0.25, 0.3) is 0 Å². The molecule has 0 aliphatic heterocycles. The van der Waals surface area contributed by atoms with E-state index in [1.54, 1.807) is 48.8 Å². The van der Waals surface area contributed by atoms with Gasteiger partial charge >= 0.3 is 0 Å². The molecule has 25 heavy (non-hydrogen) atoms. The summed E-state index contributed by atoms with van der Waals surface area (Å²) in [6.07, 6.45) is 3.62. The number of H-pyrrole nitrogens is 1. The van der Waals surface area contributed by atoms with Crippen LogP contribution in [0.15, 0.2) is 54.9 Å². The van der Waals surface area contributed by atoms with Crippen molar-refractivity contribution < 1.29 is 9.47 Å². The second-order valence-electron chi connectivity index (χ2n) is 5.29. The van der Waals surface area contributed by atoms with Crippen LogP contribution in [0, 0.1) is 0 Å². The van der Waals surface area contributed by atoms with Crippen LogP contribution >= 0.6 is 34.8 Å². The first-order chi connectivity index (χ1) is 12.1. The van der Waals surface area contributed by atoms with E-state index in [1.165, 1.54) is 0 Å². The summed E-state index contributed by atoms with van der Waals surface area (Å²) in [6, 6.07) is 12.5. The minimum Gasteiger partial charge on any atom is -0.468 e. The van der Waals surface area contributed by atoms with Gasteiger partial charge in [-0.1, -0.05) is 40.9 Å². The smallest absolute Gasteiger partial charge is 0.189 e. The maximum atomic E-state index is 6.27. The third kappa shape index (κ3) is 5.13. The number of hydrogen-bond acceptors (Lipinski definition) is 3. The predicted molar refractivity (Wildman–Crippen MR) is 99.5 cm³/mol. The lowest BCUT2D eigenvalue weighted by molar-refractivity contribution is -0.0406. The third-order valence-corrected chi connectivity index (χ3v) is 4.39. The average Bonchev–Trinajstić information content (AvgIpc) is 3.12. The molecule has 130 valence electrons. The lowest BCUT2D eigenvalue weighted by Gasteiger charge is -2.17. The monoisotopic (exact) mass is 396 g/mol. The summed E-state index contributed by atoms with van der Waals surface area (Å²) < 4.78 is 11.5. The molecule has 0 bridgehead atoms. The maximum Gasteiger partial charge on any atom is 0.189 e. The van der Waals surface area contributed by atoms with Gasteiger partial charge in [-0.15, -0.1) is 0 Å². The van der Waals surface area contributed by atoms with E-state index in [4.69, 9.17) is 44.3 Å². The van der Waals surface area contributed by atoms with E-state index in [0.717, 1.165) is 5.56 Å². The van der Waals surface area contributed by atoms with E-state index in [1.807, 2.05) is 6.07 Å². The molecule has 0 radical (unpaired) electrons. The minimum absolute atomic E-state index is 0.0677. The molecule has 2 aromatic carbocycles. The van der Waals surface area contributed by atoms with E-state index in [-0.39, 0.29) is 12.9 Å². The summed E-state index contributed by atoms with van der Waals surface area (Å²) in [5, 5.41) is 1.83. The molecule has 1 atom stereocenters. The van der Waals surface area contributed by atoms with Crippen LogP contribution in [0.5, 0.6) is 5.75 Å². The Kier molecular flexibility index (Phi) is 6.21. The van der Waals surface area contributed by atoms with E-state index in [0.29, 0.717) is 33.1 Å². The second kappa shape index (κ2) is 8.59. The van der Waals surface area contributed by atoms with Crippen molar-refractivity contribution >= 4 is 34.8 Å². The molecule has 0 saturated carbocycles. The Bertz CT molecular complexity index is 808. The number of aromatic nitrogens is 2. The van der Waals surface area contributed by atoms with Crippen LogP contribution in [-0.4, -0.2) is 16.8 Å². The Morgan fingerprint density at radius 1 is 1.00 bits per heavy atom. The molecule has 0 aliphatic carbocycles. The normalized spacial score (nSPS) is 12.1. The molecule has 0 spiro atoms. The topological polar surface area (TPSA) is 47.1 Å². The van der Waals surface area contributed by atoms with Crippen LogP contribution in [-0.2, 0) is 11.2 Å². The van der Waals surface area contributed by atoms with Crippen molar-refractivity contribution in [2.45, 2.75) is 12.5 Å². The minimum atomic E-state index is -0.332. The van der Waals surface area contributed by atoms with Gasteiger partial charge in [-0.2, -0.15) is 0 Å². The van der Waals surface area contributed by atoms with E-state index < -0.39 is 0 Å². The lowest BCUT2D eigenvalue weighted by atomic mass is 10.1. The molecule has 1 heterocycles. The van der Waals surface area contributed by atoms with Crippen molar-refractivity contribution in [2.75, 3.05) is 6.79 Å². The van der Waals surface area contributed by atoms with Gasteiger partial charge in [0.2, 0.25) is 0 Å². The highest BCUT2D eigenvalue weighted by atomic mass is 35.5. The summed E-state index contributed by atoms with van der Waals surface area (Å²) >= 11 is 18.1. The van der Waals surface area contributed by atoms with E-state index >= 15 is 0 Å². The van der Waals surface area contributed by atoms with Crippen LogP contribution in [0.4, 0.5) is 0 Å². The highest BCUT2D eigenvalue weighted by Gasteiger charge is 2.17. The summed E-state index contributed by atoms with van der Waals surface area (Å²) in [5.41, 5.74) is 0.916. The van der Waals surface area contributed by atoms with E-state index in [2.05, 4.69) is 9.97 Å². The third-order valence-electron chi connectivity index (χ3n) is 3.55. The molecule has 0 aliphatic rings. The number of aromatic amines is 1. The van der Waals surface area contributed by atoms with Gasteiger partial charge in [-0.25, -0.2) is 4.98 Å².